The summed E-state index contributed by atoms with van der Waals surface area (Å²) in [6.45, 7) is 4.11. The summed E-state index contributed by atoms with van der Waals surface area (Å²) in [5.41, 5.74) is 4.33. The molecule has 1 aliphatic heterocycles. The lowest BCUT2D eigenvalue weighted by atomic mass is 10.2. The quantitative estimate of drug-likeness (QED) is 0.609. The first-order valence-electron chi connectivity index (χ1n) is 6.65. The van der Waals surface area contributed by atoms with Gasteiger partial charge >= 0.3 is 0 Å². The maximum atomic E-state index is 11.8. The van der Waals surface area contributed by atoms with Crippen LogP contribution in [0.4, 0.5) is 0 Å². The Bertz CT molecular complexity index is 824. The molecule has 2 aromatic rings. The minimum Gasteiger partial charge on any atom is -0.318 e. The molecule has 22 heavy (non-hydrogen) atoms. The topological polar surface area (TPSA) is 34.0 Å². The SMILES string of the molecule is Cc1cc(/C=C2\SC(=S)NC2=O)c(C)n1-c1cccc(Br)c1. The standard InChI is InChI=1S/C16H13BrN2OS2/c1-9-6-11(7-14-15(20)18-16(21)22-14)10(2)19(9)13-5-3-4-12(17)8-13/h3-8H,1-2H3,(H,18,20,21)/b14-7-. The summed E-state index contributed by atoms with van der Waals surface area (Å²) in [4.78, 5) is 12.4. The molecule has 1 aromatic carbocycles. The highest BCUT2D eigenvalue weighted by Crippen LogP contribution is 2.29. The van der Waals surface area contributed by atoms with Gasteiger partial charge in [0.25, 0.3) is 5.91 Å². The van der Waals surface area contributed by atoms with Crippen LogP contribution in [0.15, 0.2) is 39.7 Å². The van der Waals surface area contributed by atoms with Crippen LogP contribution in [0.3, 0.4) is 0 Å². The van der Waals surface area contributed by atoms with Gasteiger partial charge in [-0.3, -0.25) is 4.79 Å². The van der Waals surface area contributed by atoms with Crippen molar-refractivity contribution in [2.75, 3.05) is 0 Å². The molecule has 1 fully saturated rings. The number of nitrogens with one attached hydrogen (secondary N) is 1. The van der Waals surface area contributed by atoms with E-state index in [1.807, 2.05) is 18.2 Å². The molecule has 1 aliphatic rings. The van der Waals surface area contributed by atoms with Crippen LogP contribution in [-0.2, 0) is 4.79 Å². The average molecular weight is 393 g/mol. The first-order valence-corrected chi connectivity index (χ1v) is 8.67. The molecule has 1 saturated heterocycles. The number of benzene rings is 1. The van der Waals surface area contributed by atoms with Gasteiger partial charge in [-0.15, -0.1) is 0 Å². The Kier molecular flexibility index (Phi) is 4.25. The number of aromatic nitrogens is 1. The molecule has 1 N–H and O–H groups in total. The van der Waals surface area contributed by atoms with Crippen molar-refractivity contribution in [1.82, 2.24) is 9.88 Å². The third kappa shape index (κ3) is 2.91. The lowest BCUT2D eigenvalue weighted by molar-refractivity contribution is -0.115. The van der Waals surface area contributed by atoms with E-state index in [1.165, 1.54) is 11.8 Å². The van der Waals surface area contributed by atoms with E-state index in [1.54, 1.807) is 0 Å². The van der Waals surface area contributed by atoms with Crippen molar-refractivity contribution in [3.63, 3.8) is 0 Å². The van der Waals surface area contributed by atoms with Gasteiger partial charge in [-0.2, -0.15) is 0 Å². The van der Waals surface area contributed by atoms with Crippen LogP contribution in [0, 0.1) is 13.8 Å². The zero-order valence-electron chi connectivity index (χ0n) is 12.0. The van der Waals surface area contributed by atoms with Gasteiger partial charge in [-0.25, -0.2) is 0 Å². The zero-order valence-corrected chi connectivity index (χ0v) is 15.2. The Morgan fingerprint density at radius 1 is 1.32 bits per heavy atom. The van der Waals surface area contributed by atoms with E-state index in [9.17, 15) is 4.79 Å². The van der Waals surface area contributed by atoms with E-state index in [0.29, 0.717) is 9.23 Å². The maximum Gasteiger partial charge on any atom is 0.263 e. The number of thiocarbonyl (C=S) groups is 1. The number of halogens is 1. The predicted molar refractivity (Wildman–Crippen MR) is 99.3 cm³/mol. The fourth-order valence-electron chi connectivity index (χ4n) is 2.51. The molecule has 0 radical (unpaired) electrons. The summed E-state index contributed by atoms with van der Waals surface area (Å²) in [6, 6.07) is 10.2. The number of amides is 1. The number of thioether (sulfide) groups is 1. The third-order valence-electron chi connectivity index (χ3n) is 3.47. The molecular weight excluding hydrogens is 380 g/mol. The Labute approximate surface area is 146 Å². The normalized spacial score (nSPS) is 16.4. The van der Waals surface area contributed by atoms with Crippen LogP contribution in [0.5, 0.6) is 0 Å². The Morgan fingerprint density at radius 2 is 2.09 bits per heavy atom. The Morgan fingerprint density at radius 3 is 2.73 bits per heavy atom. The third-order valence-corrected chi connectivity index (χ3v) is 5.12. The van der Waals surface area contributed by atoms with Crippen molar-refractivity contribution < 1.29 is 4.79 Å². The van der Waals surface area contributed by atoms with Gasteiger partial charge in [0.1, 0.15) is 4.32 Å². The van der Waals surface area contributed by atoms with Crippen LogP contribution in [-0.4, -0.2) is 14.8 Å². The molecule has 0 saturated carbocycles. The van der Waals surface area contributed by atoms with Crippen LogP contribution >= 0.6 is 39.9 Å². The second-order valence-corrected chi connectivity index (χ2v) is 7.63. The van der Waals surface area contributed by atoms with E-state index < -0.39 is 0 Å². The second kappa shape index (κ2) is 6.02. The van der Waals surface area contributed by atoms with E-state index in [2.05, 4.69) is 57.9 Å². The molecule has 112 valence electrons. The molecule has 3 nitrogen and oxygen atoms in total. The number of aryl methyl sites for hydroxylation is 1. The number of hydrogen-bond donors (Lipinski definition) is 1. The van der Waals surface area contributed by atoms with Gasteiger partial charge in [-0.05, 0) is 49.8 Å². The van der Waals surface area contributed by atoms with Crippen molar-refractivity contribution >= 4 is 56.2 Å². The van der Waals surface area contributed by atoms with E-state index >= 15 is 0 Å². The van der Waals surface area contributed by atoms with Crippen molar-refractivity contribution in [3.05, 3.63) is 56.7 Å². The van der Waals surface area contributed by atoms with E-state index in [-0.39, 0.29) is 5.91 Å². The van der Waals surface area contributed by atoms with Crippen LogP contribution in [0.1, 0.15) is 17.0 Å². The van der Waals surface area contributed by atoms with Gasteiger partial charge in [0, 0.05) is 21.5 Å². The first-order chi connectivity index (χ1) is 10.5. The Hall–Kier alpha value is -1.37. The van der Waals surface area contributed by atoms with Gasteiger partial charge in [0.15, 0.2) is 0 Å². The first kappa shape index (κ1) is 15.5. The molecule has 0 unspecified atom stereocenters. The summed E-state index contributed by atoms with van der Waals surface area (Å²) < 4.78 is 3.72. The molecule has 2 heterocycles. The lowest BCUT2D eigenvalue weighted by Gasteiger charge is -2.10. The maximum absolute atomic E-state index is 11.8. The fourth-order valence-corrected chi connectivity index (χ4v) is 3.93. The van der Waals surface area contributed by atoms with Gasteiger partial charge < -0.3 is 9.88 Å². The monoisotopic (exact) mass is 392 g/mol. The van der Waals surface area contributed by atoms with Crippen LogP contribution in [0.2, 0.25) is 0 Å². The van der Waals surface area contributed by atoms with E-state index in [0.717, 1.165) is 27.1 Å². The number of nitrogens with zero attached hydrogens (tertiary/aromatic N) is 1. The molecule has 3 rings (SSSR count). The molecule has 0 atom stereocenters. The van der Waals surface area contributed by atoms with Gasteiger partial charge in [-0.1, -0.05) is 46.0 Å². The predicted octanol–water partition coefficient (Wildman–Crippen LogP) is 4.35. The fraction of sp³-hybridized carbons (Fsp3) is 0.125. The zero-order chi connectivity index (χ0) is 15.9. The number of hydrogen-bond acceptors (Lipinski definition) is 3. The summed E-state index contributed by atoms with van der Waals surface area (Å²) in [7, 11) is 0. The Balaban J connectivity index is 2.06. The number of carbonyl (C=O) groups is 1. The molecule has 0 bridgehead atoms. The molecular formula is C16H13BrN2OS2. The minimum absolute atomic E-state index is 0.123. The summed E-state index contributed by atoms with van der Waals surface area (Å²) in [6.07, 6.45) is 1.90. The molecule has 1 amide bonds. The minimum atomic E-state index is -0.123. The highest BCUT2D eigenvalue weighted by atomic mass is 79.9. The molecule has 1 aromatic heterocycles. The lowest BCUT2D eigenvalue weighted by Crippen LogP contribution is -2.17. The average Bonchev–Trinajstić information content (AvgIpc) is 2.90. The number of rotatable bonds is 2. The van der Waals surface area contributed by atoms with E-state index in [4.69, 9.17) is 12.2 Å². The van der Waals surface area contributed by atoms with Crippen LogP contribution < -0.4 is 5.32 Å². The smallest absolute Gasteiger partial charge is 0.263 e. The molecule has 6 heteroatoms. The molecule has 0 aliphatic carbocycles. The highest BCUT2D eigenvalue weighted by Gasteiger charge is 2.22. The van der Waals surface area contributed by atoms with Crippen LogP contribution in [0.25, 0.3) is 11.8 Å². The highest BCUT2D eigenvalue weighted by molar-refractivity contribution is 9.10. The van der Waals surface area contributed by atoms with Gasteiger partial charge in [0.05, 0.1) is 4.91 Å². The number of carbonyl (C=O) groups excluding carboxylic acids is 1. The largest absolute Gasteiger partial charge is 0.318 e. The molecule has 0 spiro atoms. The summed E-state index contributed by atoms with van der Waals surface area (Å²) in [5.74, 6) is -0.123. The van der Waals surface area contributed by atoms with Gasteiger partial charge in [0.2, 0.25) is 0 Å². The summed E-state index contributed by atoms with van der Waals surface area (Å²) >= 11 is 9.83. The van der Waals surface area contributed by atoms with Crippen molar-refractivity contribution in [2.24, 2.45) is 0 Å². The van der Waals surface area contributed by atoms with Crippen molar-refractivity contribution in [2.45, 2.75) is 13.8 Å². The summed E-state index contributed by atoms with van der Waals surface area (Å²) in [5, 5.41) is 2.64. The van der Waals surface area contributed by atoms with Crippen molar-refractivity contribution in [3.8, 4) is 5.69 Å². The van der Waals surface area contributed by atoms with Crippen molar-refractivity contribution in [1.29, 1.82) is 0 Å². The second-order valence-electron chi connectivity index (χ2n) is 4.99.